The van der Waals surface area contributed by atoms with Crippen LogP contribution in [0.1, 0.15) is 25.7 Å². The summed E-state index contributed by atoms with van der Waals surface area (Å²) >= 11 is 0. The minimum absolute atomic E-state index is 0.0344. The molecule has 0 radical (unpaired) electrons. The lowest BCUT2D eigenvalue weighted by Gasteiger charge is -2.27. The van der Waals surface area contributed by atoms with Crippen molar-refractivity contribution in [2.45, 2.75) is 31.8 Å². The van der Waals surface area contributed by atoms with Crippen molar-refractivity contribution < 1.29 is 0 Å². The predicted molar refractivity (Wildman–Crippen MR) is 76.0 cm³/mol. The van der Waals surface area contributed by atoms with Gasteiger partial charge in [0.1, 0.15) is 18.2 Å². The molecule has 2 aliphatic rings. The quantitative estimate of drug-likeness (QED) is 0.833. The lowest BCUT2D eigenvalue weighted by molar-refractivity contribution is 0.459. The fourth-order valence-corrected chi connectivity index (χ4v) is 3.61. The second kappa shape index (κ2) is 3.97. The Morgan fingerprint density at radius 1 is 1.30 bits per heavy atom. The zero-order valence-electron chi connectivity index (χ0n) is 11.7. The Balaban J connectivity index is 1.90. The van der Waals surface area contributed by atoms with Gasteiger partial charge in [-0.2, -0.15) is 14.6 Å². The van der Waals surface area contributed by atoms with Gasteiger partial charge in [0.15, 0.2) is 5.82 Å². The van der Waals surface area contributed by atoms with Crippen LogP contribution in [-0.2, 0) is 7.05 Å². The molecule has 1 aliphatic heterocycles. The summed E-state index contributed by atoms with van der Waals surface area (Å²) in [6.45, 7) is 0. The molecule has 2 aromatic rings. The van der Waals surface area contributed by atoms with E-state index >= 15 is 0 Å². The minimum Gasteiger partial charge on any atom is -0.357 e. The highest BCUT2D eigenvalue weighted by Crippen LogP contribution is 2.38. The first kappa shape index (κ1) is 11.7. The van der Waals surface area contributed by atoms with Crippen LogP contribution < -0.4 is 15.8 Å². The molecule has 0 saturated heterocycles. The molecule has 1 aliphatic carbocycles. The molecule has 1 unspecified atom stereocenters. The molecule has 0 spiro atoms. The normalized spacial score (nSPS) is 22.5. The number of nitrogens with one attached hydrogen (secondary N) is 1. The Kier molecular flexibility index (Phi) is 2.33. The highest BCUT2D eigenvalue weighted by Gasteiger charge is 2.37. The van der Waals surface area contributed by atoms with Gasteiger partial charge in [-0.25, -0.2) is 0 Å². The van der Waals surface area contributed by atoms with E-state index in [0.717, 1.165) is 5.82 Å². The minimum atomic E-state index is -0.0344. The number of hydrogen-bond acceptors (Lipinski definition) is 5. The third kappa shape index (κ3) is 1.37. The first-order chi connectivity index (χ1) is 9.68. The monoisotopic (exact) mass is 274 g/mol. The molecule has 1 fully saturated rings. The van der Waals surface area contributed by atoms with Crippen molar-refractivity contribution in [2.24, 2.45) is 13.0 Å². The average molecular weight is 274 g/mol. The van der Waals surface area contributed by atoms with Crippen LogP contribution in [0.2, 0.25) is 0 Å². The van der Waals surface area contributed by atoms with Gasteiger partial charge < -0.3 is 10.2 Å². The van der Waals surface area contributed by atoms with Gasteiger partial charge in [-0.05, 0) is 18.8 Å². The van der Waals surface area contributed by atoms with Gasteiger partial charge >= 0.3 is 0 Å². The molecule has 2 aromatic heterocycles. The number of fused-ring (bicyclic) bond motifs is 3. The van der Waals surface area contributed by atoms with Crippen LogP contribution in [0.3, 0.4) is 0 Å². The van der Waals surface area contributed by atoms with E-state index in [2.05, 4.69) is 20.3 Å². The molecule has 1 atom stereocenters. The smallest absolute Gasteiger partial charge is 0.280 e. The molecule has 4 rings (SSSR count). The molecule has 7 nitrogen and oxygen atoms in total. The molecular weight excluding hydrogens is 256 g/mol. The zero-order chi connectivity index (χ0) is 13.9. The van der Waals surface area contributed by atoms with Crippen molar-refractivity contribution in [3.63, 3.8) is 0 Å². The fraction of sp³-hybridized carbons (Fsp3) is 0.615. The molecule has 3 heterocycles. The van der Waals surface area contributed by atoms with E-state index in [1.165, 1.54) is 32.0 Å². The van der Waals surface area contributed by atoms with Crippen LogP contribution in [0.4, 0.5) is 11.5 Å². The van der Waals surface area contributed by atoms with Gasteiger partial charge in [-0.3, -0.25) is 9.36 Å². The summed E-state index contributed by atoms with van der Waals surface area (Å²) in [4.78, 5) is 18.8. The number of hydrogen-bond donors (Lipinski definition) is 1. The molecule has 7 heteroatoms. The van der Waals surface area contributed by atoms with Gasteiger partial charge in [-0.1, -0.05) is 12.8 Å². The number of anilines is 2. The van der Waals surface area contributed by atoms with E-state index in [1.54, 1.807) is 16.1 Å². The third-order valence-corrected chi connectivity index (χ3v) is 4.66. The van der Waals surface area contributed by atoms with E-state index in [4.69, 9.17) is 0 Å². The Bertz CT molecular complexity index is 726. The van der Waals surface area contributed by atoms with E-state index < -0.39 is 0 Å². The largest absolute Gasteiger partial charge is 0.357 e. The van der Waals surface area contributed by atoms with Crippen molar-refractivity contribution in [2.75, 3.05) is 17.3 Å². The second-order valence-electron chi connectivity index (χ2n) is 5.78. The number of aromatic nitrogens is 4. The van der Waals surface area contributed by atoms with Gasteiger partial charge in [0.2, 0.25) is 5.78 Å². The number of aryl methyl sites for hydroxylation is 1. The molecule has 1 N–H and O–H groups in total. The molecule has 0 bridgehead atoms. The summed E-state index contributed by atoms with van der Waals surface area (Å²) in [5.74, 6) is 2.00. The Labute approximate surface area is 116 Å². The summed E-state index contributed by atoms with van der Waals surface area (Å²) in [5.41, 5.74) is 0.609. The molecule has 1 saturated carbocycles. The highest BCUT2D eigenvalue weighted by molar-refractivity contribution is 5.73. The maximum absolute atomic E-state index is 12.5. The molecule has 0 aromatic carbocycles. The Morgan fingerprint density at radius 3 is 2.80 bits per heavy atom. The standard InChI is InChI=1S/C13H18N6O/c1-17-10(8-5-3-4-6-8)16-9-11(17)19-13(14-7-15-19)18(2)12(9)20/h7-8,10,16H,3-6H2,1-2H3. The predicted octanol–water partition coefficient (Wildman–Crippen LogP) is 0.806. The third-order valence-electron chi connectivity index (χ3n) is 4.66. The van der Waals surface area contributed by atoms with Crippen molar-refractivity contribution in [3.05, 3.63) is 16.7 Å². The van der Waals surface area contributed by atoms with Crippen LogP contribution in [0.15, 0.2) is 11.1 Å². The van der Waals surface area contributed by atoms with E-state index in [0.29, 0.717) is 17.4 Å². The van der Waals surface area contributed by atoms with E-state index in [1.807, 2.05) is 7.05 Å². The van der Waals surface area contributed by atoms with E-state index in [-0.39, 0.29) is 11.7 Å². The average Bonchev–Trinajstić information content (AvgIpc) is 3.14. The first-order valence-corrected chi connectivity index (χ1v) is 7.10. The Hall–Kier alpha value is -2.05. The van der Waals surface area contributed by atoms with Crippen molar-refractivity contribution in [1.82, 2.24) is 19.2 Å². The van der Waals surface area contributed by atoms with Gasteiger partial charge in [0, 0.05) is 14.1 Å². The maximum atomic E-state index is 12.5. The summed E-state index contributed by atoms with van der Waals surface area (Å²) in [7, 11) is 3.76. The Morgan fingerprint density at radius 2 is 2.05 bits per heavy atom. The van der Waals surface area contributed by atoms with Crippen LogP contribution in [0, 0.1) is 5.92 Å². The topological polar surface area (TPSA) is 67.5 Å². The SMILES string of the molecule is CN1c2c(c(=O)n(C)c3ncnn23)NC1C1CCCC1. The van der Waals surface area contributed by atoms with E-state index in [9.17, 15) is 4.79 Å². The lowest BCUT2D eigenvalue weighted by atomic mass is 10.0. The van der Waals surface area contributed by atoms with Crippen LogP contribution >= 0.6 is 0 Å². The zero-order valence-corrected chi connectivity index (χ0v) is 11.7. The second-order valence-corrected chi connectivity index (χ2v) is 5.78. The van der Waals surface area contributed by atoms with Crippen LogP contribution in [0.5, 0.6) is 0 Å². The summed E-state index contributed by atoms with van der Waals surface area (Å²) in [5, 5.41) is 7.69. The highest BCUT2D eigenvalue weighted by atomic mass is 16.1. The molecule has 20 heavy (non-hydrogen) atoms. The van der Waals surface area contributed by atoms with Gasteiger partial charge in [0.25, 0.3) is 5.56 Å². The van der Waals surface area contributed by atoms with Crippen molar-refractivity contribution >= 4 is 17.3 Å². The van der Waals surface area contributed by atoms with Gasteiger partial charge in [0.05, 0.1) is 0 Å². The van der Waals surface area contributed by atoms with Crippen molar-refractivity contribution in [1.29, 1.82) is 0 Å². The maximum Gasteiger partial charge on any atom is 0.280 e. The summed E-state index contributed by atoms with van der Waals surface area (Å²) < 4.78 is 3.29. The number of nitrogens with zero attached hydrogens (tertiary/aromatic N) is 5. The number of rotatable bonds is 1. The van der Waals surface area contributed by atoms with Crippen molar-refractivity contribution in [3.8, 4) is 0 Å². The summed E-state index contributed by atoms with van der Waals surface area (Å²) in [6.07, 6.45) is 6.68. The van der Waals surface area contributed by atoms with Crippen LogP contribution in [-0.4, -0.2) is 32.4 Å². The first-order valence-electron chi connectivity index (χ1n) is 7.10. The summed E-state index contributed by atoms with van der Waals surface area (Å²) in [6, 6.07) is 0. The fourth-order valence-electron chi connectivity index (χ4n) is 3.61. The van der Waals surface area contributed by atoms with Crippen LogP contribution in [0.25, 0.3) is 5.78 Å². The molecule has 106 valence electrons. The molecule has 0 amide bonds. The lowest BCUT2D eigenvalue weighted by Crippen LogP contribution is -2.38. The van der Waals surface area contributed by atoms with Gasteiger partial charge in [-0.15, -0.1) is 0 Å². The molecular formula is C13H18N6O.